The van der Waals surface area contributed by atoms with Crippen LogP contribution in [-0.4, -0.2) is 38.7 Å². The standard InChI is InChI=1S/C29H60O4Si/c1-9-11-13-15-16-17-18-19-20-22-25(33-34(7,8)29(3,4)5)24-27(30)26(28(31)32-6)23-21-14-12-10-2/h25-27,30H,9-24H2,1-8H3/t25-,26-,27-/m0/s1. The van der Waals surface area contributed by atoms with Gasteiger partial charge in [-0.25, -0.2) is 0 Å². The summed E-state index contributed by atoms with van der Waals surface area (Å²) < 4.78 is 11.8. The Labute approximate surface area is 214 Å². The van der Waals surface area contributed by atoms with Gasteiger partial charge in [-0.15, -0.1) is 0 Å². The van der Waals surface area contributed by atoms with Gasteiger partial charge in [0.05, 0.1) is 19.1 Å². The number of aliphatic hydroxyl groups excluding tert-OH is 1. The summed E-state index contributed by atoms with van der Waals surface area (Å²) in [5, 5.41) is 11.2. The van der Waals surface area contributed by atoms with E-state index in [0.717, 1.165) is 32.1 Å². The average Bonchev–Trinajstić information content (AvgIpc) is 2.76. The van der Waals surface area contributed by atoms with Gasteiger partial charge in [-0.3, -0.25) is 4.79 Å². The van der Waals surface area contributed by atoms with E-state index in [-0.39, 0.29) is 17.1 Å². The van der Waals surface area contributed by atoms with Crippen LogP contribution < -0.4 is 0 Å². The van der Waals surface area contributed by atoms with Crippen LogP contribution in [0.3, 0.4) is 0 Å². The van der Waals surface area contributed by atoms with Gasteiger partial charge in [0.1, 0.15) is 0 Å². The van der Waals surface area contributed by atoms with Crippen molar-refractivity contribution in [3.8, 4) is 0 Å². The van der Waals surface area contributed by atoms with Gasteiger partial charge in [-0.1, -0.05) is 118 Å². The topological polar surface area (TPSA) is 55.8 Å². The molecule has 5 heteroatoms. The van der Waals surface area contributed by atoms with Gasteiger partial charge >= 0.3 is 5.97 Å². The lowest BCUT2D eigenvalue weighted by Crippen LogP contribution is -2.45. The van der Waals surface area contributed by atoms with E-state index in [2.05, 4.69) is 47.7 Å². The maximum absolute atomic E-state index is 12.5. The first-order chi connectivity index (χ1) is 16.0. The number of esters is 1. The number of hydrogen-bond acceptors (Lipinski definition) is 4. The van der Waals surface area contributed by atoms with Gasteiger partial charge in [0.25, 0.3) is 0 Å². The van der Waals surface area contributed by atoms with Gasteiger partial charge in [0.15, 0.2) is 8.32 Å². The lowest BCUT2D eigenvalue weighted by molar-refractivity contribution is -0.150. The van der Waals surface area contributed by atoms with Crippen molar-refractivity contribution in [2.45, 2.75) is 168 Å². The Morgan fingerprint density at radius 3 is 1.71 bits per heavy atom. The second-order valence-corrected chi connectivity index (χ2v) is 16.7. The van der Waals surface area contributed by atoms with Crippen molar-refractivity contribution in [3.63, 3.8) is 0 Å². The van der Waals surface area contributed by atoms with E-state index >= 15 is 0 Å². The summed E-state index contributed by atoms with van der Waals surface area (Å²) in [6.45, 7) is 15.8. The van der Waals surface area contributed by atoms with Gasteiger partial charge in [-0.05, 0) is 37.4 Å². The molecule has 0 aliphatic rings. The number of carbonyl (C=O) groups is 1. The van der Waals surface area contributed by atoms with Gasteiger partial charge < -0.3 is 14.3 Å². The zero-order valence-electron chi connectivity index (χ0n) is 24.2. The fourth-order valence-electron chi connectivity index (χ4n) is 4.34. The van der Waals surface area contributed by atoms with Crippen molar-refractivity contribution in [2.75, 3.05) is 7.11 Å². The summed E-state index contributed by atoms with van der Waals surface area (Å²) in [5.41, 5.74) is 0. The van der Waals surface area contributed by atoms with E-state index in [1.54, 1.807) is 0 Å². The highest BCUT2D eigenvalue weighted by Crippen LogP contribution is 2.38. The Bertz CT molecular complexity index is 501. The summed E-state index contributed by atoms with van der Waals surface area (Å²) in [6, 6.07) is 0. The third-order valence-electron chi connectivity index (χ3n) is 7.74. The molecule has 0 radical (unpaired) electrons. The monoisotopic (exact) mass is 500 g/mol. The highest BCUT2D eigenvalue weighted by atomic mass is 28.4. The molecule has 0 aromatic heterocycles. The van der Waals surface area contributed by atoms with Gasteiger partial charge in [0.2, 0.25) is 0 Å². The van der Waals surface area contributed by atoms with Crippen molar-refractivity contribution in [2.24, 2.45) is 5.92 Å². The molecule has 1 N–H and O–H groups in total. The molecule has 0 rings (SSSR count). The highest BCUT2D eigenvalue weighted by Gasteiger charge is 2.40. The molecule has 0 amide bonds. The molecule has 0 spiro atoms. The Morgan fingerprint density at radius 1 is 0.794 bits per heavy atom. The molecule has 0 aliphatic heterocycles. The highest BCUT2D eigenvalue weighted by molar-refractivity contribution is 6.74. The van der Waals surface area contributed by atoms with Crippen molar-refractivity contribution in [1.29, 1.82) is 0 Å². The minimum atomic E-state index is -1.96. The number of rotatable bonds is 21. The second kappa shape index (κ2) is 18.8. The fourth-order valence-corrected chi connectivity index (χ4v) is 5.75. The average molecular weight is 501 g/mol. The molecule has 0 bridgehead atoms. The summed E-state index contributed by atoms with van der Waals surface area (Å²) in [4.78, 5) is 12.5. The van der Waals surface area contributed by atoms with Crippen LogP contribution in [0.2, 0.25) is 18.1 Å². The van der Waals surface area contributed by atoms with E-state index in [1.165, 1.54) is 64.9 Å². The summed E-state index contributed by atoms with van der Waals surface area (Å²) in [6.07, 6.45) is 17.6. The van der Waals surface area contributed by atoms with Crippen LogP contribution in [0.25, 0.3) is 0 Å². The maximum Gasteiger partial charge on any atom is 0.311 e. The van der Waals surface area contributed by atoms with Gasteiger partial charge in [0, 0.05) is 6.10 Å². The summed E-state index contributed by atoms with van der Waals surface area (Å²) >= 11 is 0. The maximum atomic E-state index is 12.5. The molecule has 0 fully saturated rings. The van der Waals surface area contributed by atoms with Crippen LogP contribution in [0.1, 0.15) is 137 Å². The van der Waals surface area contributed by atoms with Crippen molar-refractivity contribution in [1.82, 2.24) is 0 Å². The molecular weight excluding hydrogens is 440 g/mol. The largest absolute Gasteiger partial charge is 0.469 e. The van der Waals surface area contributed by atoms with Crippen LogP contribution in [0, 0.1) is 5.92 Å². The van der Waals surface area contributed by atoms with Crippen molar-refractivity contribution < 1.29 is 19.1 Å². The van der Waals surface area contributed by atoms with Crippen LogP contribution in [0.5, 0.6) is 0 Å². The molecule has 4 nitrogen and oxygen atoms in total. The Balaban J connectivity index is 4.93. The lowest BCUT2D eigenvalue weighted by atomic mass is 9.90. The minimum Gasteiger partial charge on any atom is -0.469 e. The first-order valence-corrected chi connectivity index (χ1v) is 17.3. The van der Waals surface area contributed by atoms with E-state index in [0.29, 0.717) is 12.8 Å². The minimum absolute atomic E-state index is 0.00300. The van der Waals surface area contributed by atoms with Crippen molar-refractivity contribution in [3.05, 3.63) is 0 Å². The van der Waals surface area contributed by atoms with Crippen LogP contribution in [0.4, 0.5) is 0 Å². The van der Waals surface area contributed by atoms with Crippen LogP contribution in [0.15, 0.2) is 0 Å². The zero-order valence-corrected chi connectivity index (χ0v) is 25.2. The van der Waals surface area contributed by atoms with E-state index in [9.17, 15) is 9.90 Å². The van der Waals surface area contributed by atoms with E-state index in [1.807, 2.05) is 0 Å². The number of aliphatic hydroxyl groups is 1. The third kappa shape index (κ3) is 14.9. The predicted octanol–water partition coefficient (Wildman–Crippen LogP) is 8.81. The molecule has 0 unspecified atom stereocenters. The SMILES string of the molecule is CCCCCCCCCCC[C@@H](C[C@H](O)[C@H](CCCCCC)C(=O)OC)O[Si](C)(C)C(C)(C)C. The molecule has 34 heavy (non-hydrogen) atoms. The number of unbranched alkanes of at least 4 members (excludes halogenated alkanes) is 11. The molecular formula is C29H60O4Si. The van der Waals surface area contributed by atoms with Crippen molar-refractivity contribution >= 4 is 14.3 Å². The number of methoxy groups -OCH3 is 1. The molecule has 0 saturated heterocycles. The third-order valence-corrected chi connectivity index (χ3v) is 12.3. The predicted molar refractivity (Wildman–Crippen MR) is 149 cm³/mol. The van der Waals surface area contributed by atoms with E-state index in [4.69, 9.17) is 9.16 Å². The molecule has 0 aliphatic carbocycles. The summed E-state index contributed by atoms with van der Waals surface area (Å²) in [7, 11) is -0.532. The number of ether oxygens (including phenoxy) is 1. The Hall–Kier alpha value is -0.393. The van der Waals surface area contributed by atoms with E-state index < -0.39 is 20.3 Å². The molecule has 0 heterocycles. The normalized spacial score (nSPS) is 15.2. The summed E-state index contributed by atoms with van der Waals surface area (Å²) in [5.74, 6) is -0.728. The Kier molecular flexibility index (Phi) is 18.6. The first kappa shape index (κ1) is 33.6. The molecule has 0 saturated carbocycles. The Morgan fingerprint density at radius 2 is 1.24 bits per heavy atom. The molecule has 3 atom stereocenters. The van der Waals surface area contributed by atoms with Crippen LogP contribution in [-0.2, 0) is 14.0 Å². The second-order valence-electron chi connectivity index (χ2n) is 11.9. The fraction of sp³-hybridized carbons (Fsp3) is 0.966. The zero-order chi connectivity index (χ0) is 26.0. The smallest absolute Gasteiger partial charge is 0.311 e. The first-order valence-electron chi connectivity index (χ1n) is 14.4. The lowest BCUT2D eigenvalue weighted by Gasteiger charge is -2.40. The molecule has 0 aromatic rings. The molecule has 0 aromatic carbocycles. The quantitative estimate of drug-likeness (QED) is 0.0971. The number of hydrogen-bond donors (Lipinski definition) is 1. The molecule has 204 valence electrons. The van der Waals surface area contributed by atoms with Gasteiger partial charge in [-0.2, -0.15) is 0 Å². The number of carbonyl (C=O) groups excluding carboxylic acids is 1. The van der Waals surface area contributed by atoms with Crippen LogP contribution >= 0.6 is 0 Å².